The number of aromatic nitrogens is 2. The third-order valence-electron chi connectivity index (χ3n) is 6.73. The second-order valence-electron chi connectivity index (χ2n) is 9.29. The van der Waals surface area contributed by atoms with Gasteiger partial charge in [-0.3, -0.25) is 4.98 Å². The summed E-state index contributed by atoms with van der Waals surface area (Å²) in [6.07, 6.45) is 1.85. The molecular weight excluding hydrogens is 436 g/mol. The Balaban J connectivity index is 1.71. The molecule has 0 aliphatic carbocycles. The molecule has 0 saturated carbocycles. The standard InChI is InChI=1S/C29H30N4S/c1-18-14-19(2)16-23(15-18)33-28(27(31-29(33)34)25-11-8-9-13-30-25)24-17-21(4)32(22(24)5)26-12-7-6-10-20(26)3/h6-17,27-28H,1-5H3,(H,31,34)/t27-,28-/m1/s1. The van der Waals surface area contributed by atoms with Gasteiger partial charge in [0, 0.05) is 29.0 Å². The first kappa shape index (κ1) is 22.4. The Morgan fingerprint density at radius 1 is 0.853 bits per heavy atom. The van der Waals surface area contributed by atoms with E-state index in [1.165, 1.54) is 39.3 Å². The molecule has 0 spiro atoms. The van der Waals surface area contributed by atoms with Gasteiger partial charge in [0.25, 0.3) is 0 Å². The molecule has 1 fully saturated rings. The number of pyridine rings is 1. The van der Waals surface area contributed by atoms with Crippen molar-refractivity contribution in [2.45, 2.75) is 46.7 Å². The van der Waals surface area contributed by atoms with Crippen molar-refractivity contribution in [3.8, 4) is 5.69 Å². The van der Waals surface area contributed by atoms with Gasteiger partial charge in [-0.25, -0.2) is 0 Å². The first-order valence-corrected chi connectivity index (χ1v) is 12.1. The third kappa shape index (κ3) is 3.80. The van der Waals surface area contributed by atoms with Crippen molar-refractivity contribution >= 4 is 23.0 Å². The second-order valence-corrected chi connectivity index (χ2v) is 9.68. The minimum atomic E-state index is -0.0552. The molecule has 2 aromatic carbocycles. The van der Waals surface area contributed by atoms with E-state index in [-0.39, 0.29) is 12.1 Å². The fourth-order valence-electron chi connectivity index (χ4n) is 5.31. The molecule has 5 heteroatoms. The van der Waals surface area contributed by atoms with Crippen molar-refractivity contribution in [1.82, 2.24) is 14.9 Å². The third-order valence-corrected chi connectivity index (χ3v) is 7.04. The van der Waals surface area contributed by atoms with E-state index < -0.39 is 0 Å². The molecule has 3 heterocycles. The van der Waals surface area contributed by atoms with Crippen molar-refractivity contribution in [2.75, 3.05) is 4.90 Å². The van der Waals surface area contributed by atoms with E-state index in [4.69, 9.17) is 17.2 Å². The van der Waals surface area contributed by atoms with E-state index in [0.717, 1.165) is 16.5 Å². The van der Waals surface area contributed by atoms with Crippen LogP contribution in [0.4, 0.5) is 5.69 Å². The maximum Gasteiger partial charge on any atom is 0.174 e. The molecule has 1 aliphatic rings. The fourth-order valence-corrected chi connectivity index (χ4v) is 5.66. The van der Waals surface area contributed by atoms with Crippen molar-refractivity contribution < 1.29 is 0 Å². The van der Waals surface area contributed by atoms with Gasteiger partial charge in [0.2, 0.25) is 0 Å². The van der Waals surface area contributed by atoms with Crippen LogP contribution >= 0.6 is 12.2 Å². The average Bonchev–Trinajstić information content (AvgIpc) is 3.29. The van der Waals surface area contributed by atoms with Crippen LogP contribution in [-0.4, -0.2) is 14.7 Å². The molecule has 0 bridgehead atoms. The molecule has 1 saturated heterocycles. The summed E-state index contributed by atoms with van der Waals surface area (Å²) in [5.74, 6) is 0. The highest BCUT2D eigenvalue weighted by Crippen LogP contribution is 2.44. The quantitative estimate of drug-likeness (QED) is 0.344. The Labute approximate surface area is 207 Å². The molecule has 1 N–H and O–H groups in total. The van der Waals surface area contributed by atoms with Crippen LogP contribution in [0.2, 0.25) is 0 Å². The number of aryl methyl sites for hydroxylation is 4. The highest BCUT2D eigenvalue weighted by atomic mass is 32.1. The molecule has 2 aromatic heterocycles. The van der Waals surface area contributed by atoms with Crippen LogP contribution < -0.4 is 10.2 Å². The molecule has 0 radical (unpaired) electrons. The molecule has 1 aliphatic heterocycles. The monoisotopic (exact) mass is 466 g/mol. The Morgan fingerprint density at radius 3 is 2.24 bits per heavy atom. The van der Waals surface area contributed by atoms with Crippen LogP contribution in [0, 0.1) is 34.6 Å². The Hall–Kier alpha value is -3.44. The fraction of sp³-hybridized carbons (Fsp3) is 0.241. The first-order chi connectivity index (χ1) is 16.3. The van der Waals surface area contributed by atoms with Crippen LogP contribution in [0.15, 0.2) is 72.9 Å². The number of rotatable bonds is 4. The van der Waals surface area contributed by atoms with Gasteiger partial charge in [0.05, 0.1) is 17.8 Å². The highest BCUT2D eigenvalue weighted by Gasteiger charge is 2.42. The maximum absolute atomic E-state index is 5.94. The number of hydrogen-bond acceptors (Lipinski definition) is 2. The van der Waals surface area contributed by atoms with Gasteiger partial charge in [-0.15, -0.1) is 0 Å². The molecule has 2 atom stereocenters. The average molecular weight is 467 g/mol. The van der Waals surface area contributed by atoms with Gasteiger partial charge in [0.15, 0.2) is 5.11 Å². The minimum Gasteiger partial charge on any atom is -0.351 e. The number of benzene rings is 2. The number of hydrogen-bond donors (Lipinski definition) is 1. The van der Waals surface area contributed by atoms with E-state index in [1.54, 1.807) is 0 Å². The Morgan fingerprint density at radius 2 is 1.56 bits per heavy atom. The van der Waals surface area contributed by atoms with Crippen molar-refractivity contribution in [1.29, 1.82) is 0 Å². The molecule has 0 unspecified atom stereocenters. The van der Waals surface area contributed by atoms with Crippen LogP contribution in [0.25, 0.3) is 5.69 Å². The zero-order valence-electron chi connectivity index (χ0n) is 20.3. The predicted octanol–water partition coefficient (Wildman–Crippen LogP) is 6.59. The molecule has 4 nitrogen and oxygen atoms in total. The first-order valence-electron chi connectivity index (χ1n) is 11.7. The number of para-hydroxylation sites is 1. The van der Waals surface area contributed by atoms with Gasteiger partial charge in [-0.05, 0) is 105 Å². The lowest BCUT2D eigenvalue weighted by molar-refractivity contribution is 0.565. The topological polar surface area (TPSA) is 33.1 Å². The predicted molar refractivity (Wildman–Crippen MR) is 144 cm³/mol. The number of thiocarbonyl (C=S) groups is 1. The smallest absolute Gasteiger partial charge is 0.174 e. The lowest BCUT2D eigenvalue weighted by atomic mass is 9.96. The van der Waals surface area contributed by atoms with E-state index in [9.17, 15) is 0 Å². The Kier molecular flexibility index (Phi) is 5.74. The number of nitrogens with zero attached hydrogens (tertiary/aromatic N) is 3. The lowest BCUT2D eigenvalue weighted by Crippen LogP contribution is -2.29. The largest absolute Gasteiger partial charge is 0.351 e. The zero-order valence-corrected chi connectivity index (χ0v) is 21.1. The Bertz CT molecular complexity index is 1350. The van der Waals surface area contributed by atoms with Crippen LogP contribution in [0.3, 0.4) is 0 Å². The highest BCUT2D eigenvalue weighted by molar-refractivity contribution is 7.80. The van der Waals surface area contributed by atoms with Crippen LogP contribution in [0.1, 0.15) is 51.4 Å². The number of anilines is 1. The maximum atomic E-state index is 5.94. The van der Waals surface area contributed by atoms with Gasteiger partial charge < -0.3 is 14.8 Å². The molecular formula is C29H30N4S. The van der Waals surface area contributed by atoms with E-state index >= 15 is 0 Å². The van der Waals surface area contributed by atoms with Gasteiger partial charge in [0.1, 0.15) is 0 Å². The summed E-state index contributed by atoms with van der Waals surface area (Å²) in [4.78, 5) is 6.99. The van der Waals surface area contributed by atoms with Gasteiger partial charge in [-0.1, -0.05) is 30.3 Å². The summed E-state index contributed by atoms with van der Waals surface area (Å²) in [5, 5.41) is 4.33. The molecule has 5 rings (SSSR count). The van der Waals surface area contributed by atoms with Crippen molar-refractivity contribution in [3.05, 3.63) is 112 Å². The summed E-state index contributed by atoms with van der Waals surface area (Å²) in [7, 11) is 0. The van der Waals surface area contributed by atoms with Crippen molar-refractivity contribution in [3.63, 3.8) is 0 Å². The summed E-state index contributed by atoms with van der Waals surface area (Å²) < 4.78 is 2.36. The molecule has 0 amide bonds. The molecule has 34 heavy (non-hydrogen) atoms. The summed E-state index contributed by atoms with van der Waals surface area (Å²) in [5.41, 5.74) is 10.7. The van der Waals surface area contributed by atoms with Gasteiger partial charge in [-0.2, -0.15) is 0 Å². The van der Waals surface area contributed by atoms with Gasteiger partial charge >= 0.3 is 0 Å². The molecule has 172 valence electrons. The van der Waals surface area contributed by atoms with E-state index in [1.807, 2.05) is 18.3 Å². The molecule has 4 aromatic rings. The zero-order chi connectivity index (χ0) is 24.0. The SMILES string of the molecule is Cc1cc(C)cc(N2C(=S)N[C@H](c3ccccn3)[C@H]2c2cc(C)n(-c3ccccc3C)c2C)c1. The number of nitrogens with one attached hydrogen (secondary N) is 1. The van der Waals surface area contributed by atoms with Crippen LogP contribution in [0.5, 0.6) is 0 Å². The lowest BCUT2D eigenvalue weighted by Gasteiger charge is -2.29. The summed E-state index contributed by atoms with van der Waals surface area (Å²) in [6.45, 7) is 10.8. The minimum absolute atomic E-state index is 0.0208. The summed E-state index contributed by atoms with van der Waals surface area (Å²) in [6, 6.07) is 23.5. The van der Waals surface area contributed by atoms with E-state index in [0.29, 0.717) is 0 Å². The second kappa shape index (κ2) is 8.73. The van der Waals surface area contributed by atoms with Crippen molar-refractivity contribution in [2.24, 2.45) is 0 Å². The normalized spacial score (nSPS) is 17.8. The summed E-state index contributed by atoms with van der Waals surface area (Å²) >= 11 is 5.94. The van der Waals surface area contributed by atoms with E-state index in [2.05, 4.69) is 104 Å². The van der Waals surface area contributed by atoms with Crippen LogP contribution in [-0.2, 0) is 0 Å².